The standard InChI is InChI=1S/C22H47NO3/c1-7-12-13-14-15-17-20(8-2)21(18-16-19-23-6)22(24-9-3,25-10-4)26-11-5/h20-21,23H,7-19H2,1-6H3. The predicted octanol–water partition coefficient (Wildman–Crippen LogP) is 5.75. The summed E-state index contributed by atoms with van der Waals surface area (Å²) < 4.78 is 18.5. The Labute approximate surface area is 163 Å². The van der Waals surface area contributed by atoms with Crippen molar-refractivity contribution in [3.63, 3.8) is 0 Å². The molecule has 0 saturated carbocycles. The molecule has 0 heterocycles. The molecule has 0 radical (unpaired) electrons. The van der Waals surface area contributed by atoms with Crippen molar-refractivity contribution in [3.05, 3.63) is 0 Å². The Morgan fingerprint density at radius 3 is 1.77 bits per heavy atom. The molecule has 0 spiro atoms. The SMILES string of the molecule is CCCCCCCC(CC)C(CCCNC)C(OCC)(OCC)OCC. The van der Waals surface area contributed by atoms with E-state index in [1.807, 2.05) is 27.8 Å². The normalized spacial score (nSPS) is 14.5. The minimum atomic E-state index is -0.893. The molecule has 158 valence electrons. The lowest BCUT2D eigenvalue weighted by Crippen LogP contribution is -2.49. The second kappa shape index (κ2) is 17.0. The van der Waals surface area contributed by atoms with Crippen LogP contribution in [0.4, 0.5) is 0 Å². The number of hydrogen-bond donors (Lipinski definition) is 1. The maximum Gasteiger partial charge on any atom is 0.286 e. The zero-order valence-corrected chi connectivity index (χ0v) is 18.6. The van der Waals surface area contributed by atoms with Crippen LogP contribution >= 0.6 is 0 Å². The lowest BCUT2D eigenvalue weighted by molar-refractivity contribution is -0.408. The molecular weight excluding hydrogens is 326 g/mol. The summed E-state index contributed by atoms with van der Waals surface area (Å²) in [5, 5.41) is 3.27. The minimum Gasteiger partial charge on any atom is -0.328 e. The Morgan fingerprint density at radius 2 is 1.31 bits per heavy atom. The average molecular weight is 374 g/mol. The summed E-state index contributed by atoms with van der Waals surface area (Å²) in [5.41, 5.74) is 0. The van der Waals surface area contributed by atoms with Crippen LogP contribution in [0.2, 0.25) is 0 Å². The molecule has 1 N–H and O–H groups in total. The molecule has 4 heteroatoms. The summed E-state index contributed by atoms with van der Waals surface area (Å²) in [6.07, 6.45) is 11.2. The molecule has 2 unspecified atom stereocenters. The highest BCUT2D eigenvalue weighted by Crippen LogP contribution is 2.39. The Bertz CT molecular complexity index is 282. The van der Waals surface area contributed by atoms with E-state index in [-0.39, 0.29) is 5.92 Å². The van der Waals surface area contributed by atoms with Crippen molar-refractivity contribution in [2.24, 2.45) is 11.8 Å². The zero-order chi connectivity index (χ0) is 19.7. The Hall–Kier alpha value is -0.160. The van der Waals surface area contributed by atoms with Gasteiger partial charge in [-0.1, -0.05) is 52.4 Å². The van der Waals surface area contributed by atoms with Gasteiger partial charge in [0.1, 0.15) is 0 Å². The van der Waals surface area contributed by atoms with Gasteiger partial charge in [0, 0.05) is 25.7 Å². The van der Waals surface area contributed by atoms with Gasteiger partial charge < -0.3 is 19.5 Å². The quantitative estimate of drug-likeness (QED) is 0.231. The van der Waals surface area contributed by atoms with E-state index in [0.29, 0.717) is 25.7 Å². The van der Waals surface area contributed by atoms with Crippen LogP contribution in [0.3, 0.4) is 0 Å². The van der Waals surface area contributed by atoms with E-state index in [1.165, 1.54) is 38.5 Å². The van der Waals surface area contributed by atoms with E-state index in [9.17, 15) is 0 Å². The van der Waals surface area contributed by atoms with Crippen LogP contribution in [0, 0.1) is 11.8 Å². The van der Waals surface area contributed by atoms with Gasteiger partial charge in [0.15, 0.2) is 0 Å². The van der Waals surface area contributed by atoms with Crippen molar-refractivity contribution in [2.75, 3.05) is 33.4 Å². The number of ether oxygens (including phenoxy) is 3. The summed E-state index contributed by atoms with van der Waals surface area (Å²) in [6, 6.07) is 0. The third-order valence-corrected chi connectivity index (χ3v) is 5.20. The van der Waals surface area contributed by atoms with Crippen molar-refractivity contribution in [2.45, 2.75) is 98.4 Å². The fourth-order valence-electron chi connectivity index (χ4n) is 3.95. The number of unbranched alkanes of at least 4 members (excludes halogenated alkanes) is 4. The molecule has 0 aromatic carbocycles. The van der Waals surface area contributed by atoms with E-state index in [2.05, 4.69) is 19.2 Å². The summed E-state index contributed by atoms with van der Waals surface area (Å²) in [7, 11) is 2.01. The van der Waals surface area contributed by atoms with Gasteiger partial charge in [0.05, 0.1) is 0 Å². The molecule has 4 nitrogen and oxygen atoms in total. The van der Waals surface area contributed by atoms with Gasteiger partial charge in [-0.25, -0.2) is 0 Å². The number of nitrogens with one attached hydrogen (secondary N) is 1. The van der Waals surface area contributed by atoms with Gasteiger partial charge in [-0.3, -0.25) is 0 Å². The Balaban J connectivity index is 5.23. The van der Waals surface area contributed by atoms with Crippen molar-refractivity contribution in [1.29, 1.82) is 0 Å². The molecule has 0 saturated heterocycles. The summed E-state index contributed by atoms with van der Waals surface area (Å²) >= 11 is 0. The molecule has 0 fully saturated rings. The van der Waals surface area contributed by atoms with Crippen LogP contribution in [-0.4, -0.2) is 39.4 Å². The summed E-state index contributed by atoms with van der Waals surface area (Å²) in [5.74, 6) is -0.0548. The molecule has 0 aromatic heterocycles. The molecule has 0 aromatic rings. The Morgan fingerprint density at radius 1 is 0.731 bits per heavy atom. The smallest absolute Gasteiger partial charge is 0.286 e. The monoisotopic (exact) mass is 373 g/mol. The topological polar surface area (TPSA) is 39.7 Å². The van der Waals surface area contributed by atoms with Gasteiger partial charge in [0.25, 0.3) is 5.97 Å². The average Bonchev–Trinajstić information content (AvgIpc) is 2.63. The first kappa shape index (κ1) is 25.8. The zero-order valence-electron chi connectivity index (χ0n) is 18.6. The van der Waals surface area contributed by atoms with Crippen molar-refractivity contribution < 1.29 is 14.2 Å². The van der Waals surface area contributed by atoms with Crippen LogP contribution in [0.5, 0.6) is 0 Å². The maximum absolute atomic E-state index is 6.17. The van der Waals surface area contributed by atoms with Crippen LogP contribution in [0.25, 0.3) is 0 Å². The van der Waals surface area contributed by atoms with E-state index in [4.69, 9.17) is 14.2 Å². The van der Waals surface area contributed by atoms with Gasteiger partial charge in [-0.05, 0) is 59.5 Å². The lowest BCUT2D eigenvalue weighted by Gasteiger charge is -2.42. The fraction of sp³-hybridized carbons (Fsp3) is 1.00. The molecule has 2 atom stereocenters. The van der Waals surface area contributed by atoms with Gasteiger partial charge in [-0.15, -0.1) is 0 Å². The van der Waals surface area contributed by atoms with E-state index in [0.717, 1.165) is 25.8 Å². The van der Waals surface area contributed by atoms with Crippen LogP contribution in [-0.2, 0) is 14.2 Å². The second-order valence-electron chi connectivity index (χ2n) is 7.13. The van der Waals surface area contributed by atoms with Crippen LogP contribution < -0.4 is 5.32 Å². The minimum absolute atomic E-state index is 0.270. The molecule has 0 aliphatic carbocycles. The first-order valence-electron chi connectivity index (χ1n) is 11.2. The highest BCUT2D eigenvalue weighted by molar-refractivity contribution is 4.79. The number of hydrogen-bond acceptors (Lipinski definition) is 4. The van der Waals surface area contributed by atoms with Gasteiger partial charge >= 0.3 is 0 Å². The third kappa shape index (κ3) is 9.68. The van der Waals surface area contributed by atoms with Crippen molar-refractivity contribution in [1.82, 2.24) is 5.32 Å². The van der Waals surface area contributed by atoms with E-state index >= 15 is 0 Å². The van der Waals surface area contributed by atoms with Crippen molar-refractivity contribution >= 4 is 0 Å². The van der Waals surface area contributed by atoms with E-state index < -0.39 is 5.97 Å². The lowest BCUT2D eigenvalue weighted by atomic mass is 9.80. The first-order chi connectivity index (χ1) is 12.7. The summed E-state index contributed by atoms with van der Waals surface area (Å²) in [6.45, 7) is 13.5. The highest BCUT2D eigenvalue weighted by Gasteiger charge is 2.45. The van der Waals surface area contributed by atoms with Gasteiger partial charge in [-0.2, -0.15) is 0 Å². The first-order valence-corrected chi connectivity index (χ1v) is 11.2. The van der Waals surface area contributed by atoms with Crippen molar-refractivity contribution in [3.8, 4) is 0 Å². The third-order valence-electron chi connectivity index (χ3n) is 5.20. The molecule has 26 heavy (non-hydrogen) atoms. The molecule has 0 aliphatic rings. The number of rotatable bonds is 19. The molecule has 0 aliphatic heterocycles. The van der Waals surface area contributed by atoms with Crippen LogP contribution in [0.15, 0.2) is 0 Å². The predicted molar refractivity (Wildman–Crippen MR) is 111 cm³/mol. The molecule has 0 bridgehead atoms. The Kier molecular flexibility index (Phi) is 16.9. The summed E-state index contributed by atoms with van der Waals surface area (Å²) in [4.78, 5) is 0. The van der Waals surface area contributed by atoms with Gasteiger partial charge in [0.2, 0.25) is 0 Å². The van der Waals surface area contributed by atoms with E-state index in [1.54, 1.807) is 0 Å². The second-order valence-corrected chi connectivity index (χ2v) is 7.13. The largest absolute Gasteiger partial charge is 0.328 e. The van der Waals surface area contributed by atoms with Crippen LogP contribution in [0.1, 0.15) is 92.4 Å². The highest BCUT2D eigenvalue weighted by atomic mass is 16.9. The fourth-order valence-corrected chi connectivity index (χ4v) is 3.95. The molecule has 0 rings (SSSR count). The maximum atomic E-state index is 6.17. The molecular formula is C22H47NO3. The molecule has 0 amide bonds.